The van der Waals surface area contributed by atoms with Gasteiger partial charge in [0.15, 0.2) is 5.78 Å². The minimum absolute atomic E-state index is 0.0238. The van der Waals surface area contributed by atoms with Crippen LogP contribution in [0.3, 0.4) is 0 Å². The van der Waals surface area contributed by atoms with E-state index in [-0.39, 0.29) is 22.9 Å². The molecular formula is C13H15ClFNO2. The molecule has 5 heteroatoms. The van der Waals surface area contributed by atoms with E-state index in [2.05, 4.69) is 5.32 Å². The lowest BCUT2D eigenvalue weighted by molar-refractivity contribution is -0.125. The molecule has 1 amide bonds. The summed E-state index contributed by atoms with van der Waals surface area (Å²) in [6, 6.07) is 3.98. The lowest BCUT2D eigenvalue weighted by Gasteiger charge is -2.16. The number of hydrogen-bond acceptors (Lipinski definition) is 2. The Kier molecular flexibility index (Phi) is 4.46. The number of ketones is 1. The fraction of sp³-hybridized carbons (Fsp3) is 0.385. The molecule has 0 saturated carbocycles. The van der Waals surface area contributed by atoms with Crippen molar-refractivity contribution in [2.75, 3.05) is 6.54 Å². The van der Waals surface area contributed by atoms with Crippen LogP contribution in [-0.2, 0) is 4.79 Å². The Morgan fingerprint density at radius 1 is 1.33 bits per heavy atom. The number of hydrogen-bond donors (Lipinski definition) is 1. The molecule has 1 N–H and O–H groups in total. The summed E-state index contributed by atoms with van der Waals surface area (Å²) in [5.74, 6) is -1.53. The van der Waals surface area contributed by atoms with Crippen LogP contribution in [0, 0.1) is 11.2 Å². The first-order valence-corrected chi connectivity index (χ1v) is 5.87. The number of benzene rings is 1. The molecule has 0 aromatic heterocycles. The lowest BCUT2D eigenvalue weighted by atomic mass is 9.91. The summed E-state index contributed by atoms with van der Waals surface area (Å²) >= 11 is 5.74. The van der Waals surface area contributed by atoms with Gasteiger partial charge in [-0.25, -0.2) is 4.39 Å². The summed E-state index contributed by atoms with van der Waals surface area (Å²) in [6.45, 7) is 5.10. The van der Waals surface area contributed by atoms with Gasteiger partial charge in [0.05, 0.1) is 17.1 Å². The van der Waals surface area contributed by atoms with Crippen LogP contribution >= 0.6 is 11.6 Å². The fourth-order valence-electron chi connectivity index (χ4n) is 1.23. The van der Waals surface area contributed by atoms with Crippen LogP contribution in [0.2, 0.25) is 5.02 Å². The molecule has 0 aliphatic heterocycles. The van der Waals surface area contributed by atoms with Gasteiger partial charge < -0.3 is 5.32 Å². The zero-order valence-corrected chi connectivity index (χ0v) is 11.3. The minimum Gasteiger partial charge on any atom is -0.345 e. The highest BCUT2D eigenvalue weighted by molar-refractivity contribution is 6.33. The van der Waals surface area contributed by atoms with Crippen molar-refractivity contribution in [1.82, 2.24) is 5.32 Å². The predicted molar refractivity (Wildman–Crippen MR) is 68.2 cm³/mol. The number of Topliss-reactive ketones (excluding diaryl/α,β-unsaturated/α-hetero) is 1. The Labute approximate surface area is 110 Å². The van der Waals surface area contributed by atoms with Crippen molar-refractivity contribution in [2.45, 2.75) is 20.8 Å². The zero-order chi connectivity index (χ0) is 13.9. The number of carbonyl (C=O) groups excluding carboxylic acids is 2. The second-order valence-electron chi connectivity index (χ2n) is 4.95. The SMILES string of the molecule is CC(C)(C)C(=O)CNC(=O)c1c(F)cccc1Cl. The van der Waals surface area contributed by atoms with Gasteiger partial charge in [-0.2, -0.15) is 0 Å². The van der Waals surface area contributed by atoms with Crippen molar-refractivity contribution in [2.24, 2.45) is 5.41 Å². The Hall–Kier alpha value is -1.42. The maximum absolute atomic E-state index is 13.4. The van der Waals surface area contributed by atoms with Crippen molar-refractivity contribution in [3.05, 3.63) is 34.6 Å². The fourth-order valence-corrected chi connectivity index (χ4v) is 1.48. The van der Waals surface area contributed by atoms with Crippen LogP contribution in [0.1, 0.15) is 31.1 Å². The summed E-state index contributed by atoms with van der Waals surface area (Å²) in [7, 11) is 0. The molecular weight excluding hydrogens is 257 g/mol. The molecule has 0 atom stereocenters. The number of rotatable bonds is 3. The normalized spacial score (nSPS) is 11.2. The van der Waals surface area contributed by atoms with E-state index in [0.717, 1.165) is 6.07 Å². The van der Waals surface area contributed by atoms with Crippen molar-refractivity contribution < 1.29 is 14.0 Å². The number of halogens is 2. The standard InChI is InChI=1S/C13H15ClFNO2/c1-13(2,3)10(17)7-16-12(18)11-8(14)5-4-6-9(11)15/h4-6H,7H2,1-3H3,(H,16,18). The molecule has 18 heavy (non-hydrogen) atoms. The van der Waals surface area contributed by atoms with E-state index in [9.17, 15) is 14.0 Å². The number of nitrogens with one attached hydrogen (secondary N) is 1. The topological polar surface area (TPSA) is 46.2 Å². The van der Waals surface area contributed by atoms with Gasteiger partial charge in [0.1, 0.15) is 5.82 Å². The van der Waals surface area contributed by atoms with Crippen LogP contribution in [0.25, 0.3) is 0 Å². The van der Waals surface area contributed by atoms with Gasteiger partial charge in [-0.3, -0.25) is 9.59 Å². The van der Waals surface area contributed by atoms with Crippen LogP contribution < -0.4 is 5.32 Å². The molecule has 0 saturated heterocycles. The van der Waals surface area contributed by atoms with Crippen LogP contribution in [-0.4, -0.2) is 18.2 Å². The monoisotopic (exact) mass is 271 g/mol. The van der Waals surface area contributed by atoms with E-state index in [4.69, 9.17) is 11.6 Å². The quantitative estimate of drug-likeness (QED) is 0.919. The van der Waals surface area contributed by atoms with Gasteiger partial charge in [0, 0.05) is 5.41 Å². The summed E-state index contributed by atoms with van der Waals surface area (Å²) in [5.41, 5.74) is -0.785. The summed E-state index contributed by atoms with van der Waals surface area (Å²) in [5, 5.41) is 2.40. The first-order chi connectivity index (χ1) is 8.23. The van der Waals surface area contributed by atoms with Crippen LogP contribution in [0.4, 0.5) is 4.39 Å². The van der Waals surface area contributed by atoms with Crippen molar-refractivity contribution in [3.63, 3.8) is 0 Å². The van der Waals surface area contributed by atoms with Gasteiger partial charge in [-0.1, -0.05) is 38.4 Å². The third-order valence-electron chi connectivity index (χ3n) is 2.44. The Morgan fingerprint density at radius 3 is 2.44 bits per heavy atom. The number of amides is 1. The van der Waals surface area contributed by atoms with E-state index in [0.29, 0.717) is 0 Å². The van der Waals surface area contributed by atoms with E-state index < -0.39 is 17.1 Å². The van der Waals surface area contributed by atoms with Gasteiger partial charge >= 0.3 is 0 Å². The molecule has 3 nitrogen and oxygen atoms in total. The summed E-state index contributed by atoms with van der Waals surface area (Å²) < 4.78 is 13.4. The number of carbonyl (C=O) groups is 2. The molecule has 1 aromatic rings. The minimum atomic E-state index is -0.705. The first kappa shape index (κ1) is 14.6. The highest BCUT2D eigenvalue weighted by Crippen LogP contribution is 2.19. The smallest absolute Gasteiger partial charge is 0.256 e. The predicted octanol–water partition coefficient (Wildman–Crippen LogP) is 2.82. The maximum Gasteiger partial charge on any atom is 0.256 e. The van der Waals surface area contributed by atoms with Crippen LogP contribution in [0.5, 0.6) is 0 Å². The van der Waals surface area contributed by atoms with Crippen molar-refractivity contribution >= 4 is 23.3 Å². The van der Waals surface area contributed by atoms with Gasteiger partial charge in [0.25, 0.3) is 5.91 Å². The molecule has 0 unspecified atom stereocenters. The summed E-state index contributed by atoms with van der Waals surface area (Å²) in [6.07, 6.45) is 0. The maximum atomic E-state index is 13.4. The van der Waals surface area contributed by atoms with Crippen molar-refractivity contribution in [3.8, 4) is 0 Å². The van der Waals surface area contributed by atoms with Gasteiger partial charge in [-0.05, 0) is 12.1 Å². The molecule has 1 rings (SSSR count). The van der Waals surface area contributed by atoms with Gasteiger partial charge in [0.2, 0.25) is 0 Å². The Bertz CT molecular complexity index is 460. The van der Waals surface area contributed by atoms with Crippen LogP contribution in [0.15, 0.2) is 18.2 Å². The largest absolute Gasteiger partial charge is 0.345 e. The molecule has 0 radical (unpaired) electrons. The van der Waals surface area contributed by atoms with E-state index >= 15 is 0 Å². The molecule has 0 aliphatic rings. The van der Waals surface area contributed by atoms with E-state index in [1.807, 2.05) is 0 Å². The van der Waals surface area contributed by atoms with E-state index in [1.54, 1.807) is 20.8 Å². The van der Waals surface area contributed by atoms with Crippen molar-refractivity contribution in [1.29, 1.82) is 0 Å². The average Bonchev–Trinajstić information content (AvgIpc) is 2.24. The molecule has 0 spiro atoms. The molecule has 0 fully saturated rings. The average molecular weight is 272 g/mol. The third-order valence-corrected chi connectivity index (χ3v) is 2.75. The van der Waals surface area contributed by atoms with E-state index in [1.165, 1.54) is 12.1 Å². The lowest BCUT2D eigenvalue weighted by Crippen LogP contribution is -2.35. The van der Waals surface area contributed by atoms with Gasteiger partial charge in [-0.15, -0.1) is 0 Å². The highest BCUT2D eigenvalue weighted by atomic mass is 35.5. The molecule has 0 bridgehead atoms. The Morgan fingerprint density at radius 2 is 1.94 bits per heavy atom. The molecule has 1 aromatic carbocycles. The summed E-state index contributed by atoms with van der Waals surface area (Å²) in [4.78, 5) is 23.4. The molecule has 0 aliphatic carbocycles. The molecule has 98 valence electrons. The zero-order valence-electron chi connectivity index (χ0n) is 10.5. The first-order valence-electron chi connectivity index (χ1n) is 5.49. The highest BCUT2D eigenvalue weighted by Gasteiger charge is 2.22. The third kappa shape index (κ3) is 3.53. The molecule has 0 heterocycles. The second-order valence-corrected chi connectivity index (χ2v) is 5.36. The Balaban J connectivity index is 2.76. The second kappa shape index (κ2) is 5.48.